The van der Waals surface area contributed by atoms with Crippen LogP contribution in [0.1, 0.15) is 45.4 Å². The van der Waals surface area contributed by atoms with Crippen molar-refractivity contribution in [3.8, 4) is 0 Å². The Hall–Kier alpha value is -1.57. The molecule has 4 aliphatic rings. The Morgan fingerprint density at radius 3 is 2.19 bits per heavy atom. The Balaban J connectivity index is 1.60. The third-order valence-electron chi connectivity index (χ3n) is 5.57. The van der Waals surface area contributed by atoms with Crippen LogP contribution < -0.4 is 0 Å². The summed E-state index contributed by atoms with van der Waals surface area (Å²) in [5.41, 5.74) is -0.762. The number of carbonyl (C=O) groups excluding carboxylic acids is 2. The largest absolute Gasteiger partial charge is 0.490 e. The molecule has 26 heavy (non-hydrogen) atoms. The number of ether oxygens (including phenoxy) is 3. The van der Waals surface area contributed by atoms with Crippen molar-refractivity contribution in [2.75, 3.05) is 13.2 Å². The van der Waals surface area contributed by atoms with E-state index in [-0.39, 0.29) is 6.61 Å². The van der Waals surface area contributed by atoms with Gasteiger partial charge in [-0.3, -0.25) is 0 Å². The Bertz CT molecular complexity index is 598. The van der Waals surface area contributed by atoms with Crippen molar-refractivity contribution in [1.82, 2.24) is 0 Å². The van der Waals surface area contributed by atoms with Gasteiger partial charge in [0.05, 0.1) is 12.2 Å². The van der Waals surface area contributed by atoms with E-state index in [0.29, 0.717) is 23.8 Å². The molecule has 0 radical (unpaired) electrons. The summed E-state index contributed by atoms with van der Waals surface area (Å²) in [6.45, 7) is 4.67. The third kappa shape index (κ3) is 3.89. The second-order valence-electron chi connectivity index (χ2n) is 7.98. The van der Waals surface area contributed by atoms with E-state index in [4.69, 9.17) is 9.47 Å². The van der Waals surface area contributed by atoms with E-state index in [2.05, 4.69) is 11.3 Å². The highest BCUT2D eigenvalue weighted by molar-refractivity contribution is 5.87. The van der Waals surface area contributed by atoms with Gasteiger partial charge in [0.2, 0.25) is 0 Å². The smallest absolute Gasteiger partial charge is 0.457 e. The average Bonchev–Trinajstić information content (AvgIpc) is 2.48. The van der Waals surface area contributed by atoms with Gasteiger partial charge in [0.25, 0.3) is 0 Å². The molecular weight excluding hydrogens is 353 g/mol. The molecule has 2 unspecified atom stereocenters. The van der Waals surface area contributed by atoms with Gasteiger partial charge >= 0.3 is 18.1 Å². The van der Waals surface area contributed by atoms with Crippen LogP contribution in [0.5, 0.6) is 0 Å². The maximum atomic E-state index is 12.2. The van der Waals surface area contributed by atoms with E-state index in [1.807, 2.05) is 0 Å². The molecule has 0 aromatic heterocycles. The lowest BCUT2D eigenvalue weighted by molar-refractivity contribution is -0.236. The first kappa shape index (κ1) is 19.2. The standard InChI is InChI=1S/C18H23F3O5/c1-11(2)14(22)26-17-8-12-5-13(9-17)7-16(6-12,10-17)25-4-3-24-15(23)18(19,20)21/h12-13H,1,3-10H2,2H3. The van der Waals surface area contributed by atoms with Gasteiger partial charge in [-0.05, 0) is 50.9 Å². The Kier molecular flexibility index (Phi) is 4.83. The molecule has 0 aliphatic heterocycles. The number of hydrogen-bond donors (Lipinski definition) is 0. The molecule has 5 nitrogen and oxygen atoms in total. The molecule has 0 spiro atoms. The van der Waals surface area contributed by atoms with Crippen molar-refractivity contribution in [2.24, 2.45) is 11.8 Å². The molecule has 0 aromatic rings. The summed E-state index contributed by atoms with van der Waals surface area (Å²) in [7, 11) is 0. The van der Waals surface area contributed by atoms with Crippen molar-refractivity contribution in [3.05, 3.63) is 12.2 Å². The number of alkyl halides is 3. The van der Waals surface area contributed by atoms with Gasteiger partial charge in [-0.15, -0.1) is 0 Å². The van der Waals surface area contributed by atoms with E-state index in [1.165, 1.54) is 0 Å². The normalized spacial score (nSPS) is 35.2. The molecular formula is C18H23F3O5. The van der Waals surface area contributed by atoms with Crippen LogP contribution in [0.3, 0.4) is 0 Å². The molecule has 0 aromatic carbocycles. The lowest BCUT2D eigenvalue weighted by Gasteiger charge is -2.60. The van der Waals surface area contributed by atoms with E-state index in [0.717, 1.165) is 32.1 Å². The maximum Gasteiger partial charge on any atom is 0.490 e. The van der Waals surface area contributed by atoms with Crippen LogP contribution in [-0.4, -0.2) is 42.5 Å². The highest BCUT2D eigenvalue weighted by Gasteiger charge is 2.60. The Morgan fingerprint density at radius 1 is 1.08 bits per heavy atom. The molecule has 146 valence electrons. The number of rotatable bonds is 6. The zero-order valence-electron chi connectivity index (χ0n) is 14.7. The summed E-state index contributed by atoms with van der Waals surface area (Å²) in [5.74, 6) is -1.89. The fourth-order valence-corrected chi connectivity index (χ4v) is 5.14. The van der Waals surface area contributed by atoms with Gasteiger partial charge in [0.15, 0.2) is 0 Å². The molecule has 4 fully saturated rings. The molecule has 4 saturated carbocycles. The van der Waals surface area contributed by atoms with Gasteiger partial charge in [-0.1, -0.05) is 6.58 Å². The van der Waals surface area contributed by atoms with E-state index in [9.17, 15) is 22.8 Å². The first-order valence-corrected chi connectivity index (χ1v) is 8.79. The number of hydrogen-bond acceptors (Lipinski definition) is 5. The zero-order valence-corrected chi connectivity index (χ0v) is 14.7. The van der Waals surface area contributed by atoms with Crippen molar-refractivity contribution < 1.29 is 37.0 Å². The summed E-state index contributed by atoms with van der Waals surface area (Å²) in [5, 5.41) is 0. The summed E-state index contributed by atoms with van der Waals surface area (Å²) in [6, 6.07) is 0. The maximum absolute atomic E-state index is 12.2. The van der Waals surface area contributed by atoms with Gasteiger partial charge in [-0.25, -0.2) is 9.59 Å². The fourth-order valence-electron chi connectivity index (χ4n) is 5.14. The monoisotopic (exact) mass is 376 g/mol. The third-order valence-corrected chi connectivity index (χ3v) is 5.57. The molecule has 0 amide bonds. The summed E-state index contributed by atoms with van der Waals surface area (Å²) < 4.78 is 52.4. The minimum atomic E-state index is -5.00. The summed E-state index contributed by atoms with van der Waals surface area (Å²) >= 11 is 0. The van der Waals surface area contributed by atoms with Crippen LogP contribution in [0.15, 0.2) is 12.2 Å². The topological polar surface area (TPSA) is 61.8 Å². The molecule has 4 bridgehead atoms. The van der Waals surface area contributed by atoms with Gasteiger partial charge in [0, 0.05) is 12.0 Å². The first-order chi connectivity index (χ1) is 12.0. The van der Waals surface area contributed by atoms with Crippen LogP contribution in [0, 0.1) is 11.8 Å². The van der Waals surface area contributed by atoms with Crippen molar-refractivity contribution >= 4 is 11.9 Å². The number of esters is 2. The van der Waals surface area contributed by atoms with Crippen molar-refractivity contribution in [3.63, 3.8) is 0 Å². The van der Waals surface area contributed by atoms with Crippen LogP contribution in [0.25, 0.3) is 0 Å². The van der Waals surface area contributed by atoms with Crippen molar-refractivity contribution in [1.29, 1.82) is 0 Å². The van der Waals surface area contributed by atoms with Gasteiger partial charge < -0.3 is 14.2 Å². The molecule has 0 N–H and O–H groups in total. The molecule has 8 heteroatoms. The lowest BCUT2D eigenvalue weighted by Crippen LogP contribution is -2.61. The summed E-state index contributed by atoms with van der Waals surface area (Å²) in [4.78, 5) is 22.8. The highest BCUT2D eigenvalue weighted by Crippen LogP contribution is 2.60. The van der Waals surface area contributed by atoms with Crippen LogP contribution in [-0.2, 0) is 23.8 Å². The predicted octanol–water partition coefficient (Wildman–Crippen LogP) is 3.32. The van der Waals surface area contributed by atoms with E-state index < -0.39 is 35.9 Å². The second-order valence-corrected chi connectivity index (χ2v) is 7.98. The minimum Gasteiger partial charge on any atom is -0.457 e. The average molecular weight is 376 g/mol. The molecule has 4 aliphatic carbocycles. The molecule has 2 atom stereocenters. The molecule has 0 heterocycles. The first-order valence-electron chi connectivity index (χ1n) is 8.79. The molecule has 0 saturated heterocycles. The second kappa shape index (κ2) is 6.55. The number of carbonyl (C=O) groups is 2. The lowest BCUT2D eigenvalue weighted by atomic mass is 9.52. The zero-order chi connectivity index (χ0) is 19.2. The Morgan fingerprint density at radius 2 is 1.65 bits per heavy atom. The van der Waals surface area contributed by atoms with Crippen LogP contribution in [0.2, 0.25) is 0 Å². The van der Waals surface area contributed by atoms with E-state index in [1.54, 1.807) is 6.92 Å². The van der Waals surface area contributed by atoms with Gasteiger partial charge in [0.1, 0.15) is 12.2 Å². The Labute approximate surface area is 149 Å². The van der Waals surface area contributed by atoms with Crippen LogP contribution in [0.4, 0.5) is 13.2 Å². The van der Waals surface area contributed by atoms with Crippen LogP contribution >= 0.6 is 0 Å². The van der Waals surface area contributed by atoms with Gasteiger partial charge in [-0.2, -0.15) is 13.2 Å². The SMILES string of the molecule is C=C(C)C(=O)OC12CC3CC(CC(OCCOC(=O)C(F)(F)F)(C3)C1)C2. The number of halogens is 3. The molecule has 4 rings (SSSR count). The quantitative estimate of drug-likeness (QED) is 0.404. The van der Waals surface area contributed by atoms with E-state index >= 15 is 0 Å². The summed E-state index contributed by atoms with van der Waals surface area (Å²) in [6.07, 6.45) is -0.249. The minimum absolute atomic E-state index is 0.105. The fraction of sp³-hybridized carbons (Fsp3) is 0.778. The van der Waals surface area contributed by atoms with Crippen molar-refractivity contribution in [2.45, 2.75) is 62.8 Å². The highest BCUT2D eigenvalue weighted by atomic mass is 19.4. The predicted molar refractivity (Wildman–Crippen MR) is 84.0 cm³/mol.